The molecule has 2 atom stereocenters. The van der Waals surface area contributed by atoms with Crippen molar-refractivity contribution in [2.24, 2.45) is 5.92 Å². The Hall–Kier alpha value is -0.0800. The average Bonchev–Trinajstić information content (AvgIpc) is 2.64. The molecular formula is C13H28N2. The molecule has 0 amide bonds. The standard InChI is InChI=1S/C13H28N2/c1-4-5-6-8-14-10-13(3)15-9-7-12(2)11-15/h12-14H,4-11H2,1-3H3. The monoisotopic (exact) mass is 212 g/mol. The lowest BCUT2D eigenvalue weighted by Gasteiger charge is -2.24. The van der Waals surface area contributed by atoms with Crippen molar-refractivity contribution < 1.29 is 0 Å². The first-order valence-electron chi connectivity index (χ1n) is 6.68. The van der Waals surface area contributed by atoms with Gasteiger partial charge in [0.2, 0.25) is 0 Å². The minimum absolute atomic E-state index is 0.719. The third-order valence-electron chi connectivity index (χ3n) is 3.48. The molecule has 0 aliphatic carbocycles. The van der Waals surface area contributed by atoms with E-state index in [9.17, 15) is 0 Å². The van der Waals surface area contributed by atoms with Gasteiger partial charge in [-0.25, -0.2) is 0 Å². The number of unbranched alkanes of at least 4 members (excludes halogenated alkanes) is 2. The minimum Gasteiger partial charge on any atom is -0.315 e. The molecule has 0 aromatic rings. The number of nitrogens with zero attached hydrogens (tertiary/aromatic N) is 1. The maximum Gasteiger partial charge on any atom is 0.0192 e. The molecule has 1 fully saturated rings. The second kappa shape index (κ2) is 7.24. The molecule has 0 spiro atoms. The number of hydrogen-bond donors (Lipinski definition) is 1. The van der Waals surface area contributed by atoms with E-state index in [0.29, 0.717) is 0 Å². The summed E-state index contributed by atoms with van der Waals surface area (Å²) < 4.78 is 0. The normalized spacial score (nSPS) is 24.6. The fraction of sp³-hybridized carbons (Fsp3) is 1.00. The summed E-state index contributed by atoms with van der Waals surface area (Å²) in [4.78, 5) is 2.62. The Morgan fingerprint density at radius 3 is 2.80 bits per heavy atom. The molecule has 0 bridgehead atoms. The van der Waals surface area contributed by atoms with Gasteiger partial charge in [-0.15, -0.1) is 0 Å². The van der Waals surface area contributed by atoms with E-state index in [-0.39, 0.29) is 0 Å². The Morgan fingerprint density at radius 1 is 1.40 bits per heavy atom. The lowest BCUT2D eigenvalue weighted by molar-refractivity contribution is 0.244. The molecule has 1 N–H and O–H groups in total. The molecule has 0 aromatic heterocycles. The predicted molar refractivity (Wildman–Crippen MR) is 67.2 cm³/mol. The first-order valence-corrected chi connectivity index (χ1v) is 6.68. The summed E-state index contributed by atoms with van der Waals surface area (Å²) in [6, 6.07) is 0.719. The van der Waals surface area contributed by atoms with Crippen LogP contribution in [0.2, 0.25) is 0 Å². The van der Waals surface area contributed by atoms with Crippen LogP contribution in [0.4, 0.5) is 0 Å². The van der Waals surface area contributed by atoms with E-state index in [4.69, 9.17) is 0 Å². The van der Waals surface area contributed by atoms with E-state index in [1.54, 1.807) is 0 Å². The number of rotatable bonds is 7. The first kappa shape index (κ1) is 13.0. The summed E-state index contributed by atoms with van der Waals surface area (Å²) in [5, 5.41) is 3.57. The lowest BCUT2D eigenvalue weighted by atomic mass is 10.2. The van der Waals surface area contributed by atoms with Crippen molar-refractivity contribution in [3.63, 3.8) is 0 Å². The van der Waals surface area contributed by atoms with Crippen LogP contribution in [0.25, 0.3) is 0 Å². The van der Waals surface area contributed by atoms with E-state index in [1.807, 2.05) is 0 Å². The Balaban J connectivity index is 2.00. The molecule has 0 radical (unpaired) electrons. The van der Waals surface area contributed by atoms with Gasteiger partial charge < -0.3 is 5.32 Å². The zero-order valence-electron chi connectivity index (χ0n) is 10.8. The van der Waals surface area contributed by atoms with Crippen molar-refractivity contribution in [2.75, 3.05) is 26.2 Å². The maximum absolute atomic E-state index is 3.57. The van der Waals surface area contributed by atoms with E-state index in [1.165, 1.54) is 45.3 Å². The minimum atomic E-state index is 0.719. The Bertz CT molecular complexity index is 159. The van der Waals surface area contributed by atoms with Crippen LogP contribution in [0.3, 0.4) is 0 Å². The highest BCUT2D eigenvalue weighted by molar-refractivity contribution is 4.78. The summed E-state index contributed by atoms with van der Waals surface area (Å²) in [6.07, 6.45) is 5.41. The largest absolute Gasteiger partial charge is 0.315 e. The van der Waals surface area contributed by atoms with E-state index in [0.717, 1.165) is 18.5 Å². The molecule has 1 aliphatic rings. The van der Waals surface area contributed by atoms with Gasteiger partial charge in [-0.3, -0.25) is 4.90 Å². The van der Waals surface area contributed by atoms with E-state index < -0.39 is 0 Å². The van der Waals surface area contributed by atoms with Gasteiger partial charge >= 0.3 is 0 Å². The van der Waals surface area contributed by atoms with Crippen LogP contribution in [-0.4, -0.2) is 37.1 Å². The van der Waals surface area contributed by atoms with Crippen molar-refractivity contribution in [1.82, 2.24) is 10.2 Å². The molecule has 1 rings (SSSR count). The van der Waals surface area contributed by atoms with Gasteiger partial charge in [-0.05, 0) is 38.8 Å². The van der Waals surface area contributed by atoms with Crippen molar-refractivity contribution in [2.45, 2.75) is 52.5 Å². The topological polar surface area (TPSA) is 15.3 Å². The van der Waals surface area contributed by atoms with Gasteiger partial charge in [0, 0.05) is 19.1 Å². The number of nitrogens with one attached hydrogen (secondary N) is 1. The zero-order valence-corrected chi connectivity index (χ0v) is 10.8. The van der Waals surface area contributed by atoms with E-state index >= 15 is 0 Å². The van der Waals surface area contributed by atoms with Crippen LogP contribution in [-0.2, 0) is 0 Å². The van der Waals surface area contributed by atoms with Gasteiger partial charge in [0.05, 0.1) is 0 Å². The van der Waals surface area contributed by atoms with Crippen molar-refractivity contribution >= 4 is 0 Å². The molecule has 1 heterocycles. The Kier molecular flexibility index (Phi) is 6.26. The van der Waals surface area contributed by atoms with Crippen LogP contribution in [0.1, 0.15) is 46.5 Å². The fourth-order valence-corrected chi connectivity index (χ4v) is 2.31. The molecular weight excluding hydrogens is 184 g/mol. The molecule has 0 saturated carbocycles. The predicted octanol–water partition coefficient (Wildman–Crippen LogP) is 2.50. The molecule has 15 heavy (non-hydrogen) atoms. The highest BCUT2D eigenvalue weighted by atomic mass is 15.2. The smallest absolute Gasteiger partial charge is 0.0192 e. The second-order valence-corrected chi connectivity index (χ2v) is 5.15. The molecule has 1 aliphatic heterocycles. The van der Waals surface area contributed by atoms with Gasteiger partial charge in [0.25, 0.3) is 0 Å². The number of likely N-dealkylation sites (tertiary alicyclic amines) is 1. The van der Waals surface area contributed by atoms with E-state index in [2.05, 4.69) is 31.0 Å². The highest BCUT2D eigenvalue weighted by Crippen LogP contribution is 2.17. The van der Waals surface area contributed by atoms with Crippen LogP contribution < -0.4 is 5.32 Å². The second-order valence-electron chi connectivity index (χ2n) is 5.15. The van der Waals surface area contributed by atoms with Crippen LogP contribution >= 0.6 is 0 Å². The van der Waals surface area contributed by atoms with Crippen molar-refractivity contribution in [1.29, 1.82) is 0 Å². The molecule has 90 valence electrons. The summed E-state index contributed by atoms with van der Waals surface area (Å²) in [6.45, 7) is 11.9. The first-order chi connectivity index (χ1) is 7.24. The molecule has 2 unspecified atom stereocenters. The average molecular weight is 212 g/mol. The lowest BCUT2D eigenvalue weighted by Crippen LogP contribution is -2.39. The van der Waals surface area contributed by atoms with Crippen molar-refractivity contribution in [3.05, 3.63) is 0 Å². The Morgan fingerprint density at radius 2 is 2.20 bits per heavy atom. The van der Waals surface area contributed by atoms with Crippen LogP contribution in [0.15, 0.2) is 0 Å². The van der Waals surface area contributed by atoms with Gasteiger partial charge in [-0.2, -0.15) is 0 Å². The SMILES string of the molecule is CCCCCNCC(C)N1CCC(C)C1. The summed E-state index contributed by atoms with van der Waals surface area (Å²) >= 11 is 0. The van der Waals surface area contributed by atoms with Crippen LogP contribution in [0.5, 0.6) is 0 Å². The molecule has 1 saturated heterocycles. The molecule has 2 nitrogen and oxygen atoms in total. The maximum atomic E-state index is 3.57. The summed E-state index contributed by atoms with van der Waals surface area (Å²) in [5.74, 6) is 0.910. The third kappa shape index (κ3) is 4.98. The van der Waals surface area contributed by atoms with Crippen LogP contribution in [0, 0.1) is 5.92 Å². The molecule has 0 aromatic carbocycles. The van der Waals surface area contributed by atoms with Crippen molar-refractivity contribution in [3.8, 4) is 0 Å². The van der Waals surface area contributed by atoms with Gasteiger partial charge in [-0.1, -0.05) is 26.7 Å². The summed E-state index contributed by atoms with van der Waals surface area (Å²) in [7, 11) is 0. The highest BCUT2D eigenvalue weighted by Gasteiger charge is 2.22. The fourth-order valence-electron chi connectivity index (χ4n) is 2.31. The van der Waals surface area contributed by atoms with Gasteiger partial charge in [0.15, 0.2) is 0 Å². The molecule has 2 heteroatoms. The zero-order chi connectivity index (χ0) is 11.1. The summed E-state index contributed by atoms with van der Waals surface area (Å²) in [5.41, 5.74) is 0. The quantitative estimate of drug-likeness (QED) is 0.652. The number of hydrogen-bond acceptors (Lipinski definition) is 2. The van der Waals surface area contributed by atoms with Gasteiger partial charge in [0.1, 0.15) is 0 Å². The third-order valence-corrected chi connectivity index (χ3v) is 3.48. The Labute approximate surface area is 95.4 Å².